The van der Waals surface area contributed by atoms with E-state index < -0.39 is 23.5 Å². The van der Waals surface area contributed by atoms with Gasteiger partial charge in [-0.3, -0.25) is 0 Å². The average Bonchev–Trinajstić information content (AvgIpc) is 2.61. The summed E-state index contributed by atoms with van der Waals surface area (Å²) in [5.74, 6) is 0. The first kappa shape index (κ1) is 21.5. The van der Waals surface area contributed by atoms with E-state index in [0.29, 0.717) is 23.1 Å². The molecule has 0 bridgehead atoms. The molecule has 0 saturated heterocycles. The lowest BCUT2D eigenvalue weighted by molar-refractivity contribution is -0.138. The van der Waals surface area contributed by atoms with Gasteiger partial charge in [-0.05, 0) is 60.2 Å². The zero-order chi connectivity index (χ0) is 20.1. The Labute approximate surface area is 162 Å². The number of unbranched alkanes of at least 4 members (excludes halogenated alkanes) is 2. The van der Waals surface area contributed by atoms with Crippen molar-refractivity contribution in [2.75, 3.05) is 5.33 Å². The van der Waals surface area contributed by atoms with Crippen molar-refractivity contribution in [3.63, 3.8) is 0 Å². The van der Waals surface area contributed by atoms with Crippen LogP contribution in [0.15, 0.2) is 54.6 Å². The van der Waals surface area contributed by atoms with Gasteiger partial charge in [-0.15, -0.1) is 0 Å². The quantitative estimate of drug-likeness (QED) is 0.240. The van der Waals surface area contributed by atoms with Crippen molar-refractivity contribution < 1.29 is 26.3 Å². The molecule has 0 nitrogen and oxygen atoms in total. The summed E-state index contributed by atoms with van der Waals surface area (Å²) in [5.41, 5.74) is 0.143. The summed E-state index contributed by atoms with van der Waals surface area (Å²) in [7, 11) is 0. The Morgan fingerprint density at radius 3 is 1.44 bits per heavy atom. The summed E-state index contributed by atoms with van der Waals surface area (Å²) in [6.07, 6.45) is -4.57. The van der Waals surface area contributed by atoms with Crippen molar-refractivity contribution in [2.24, 2.45) is 0 Å². The third kappa shape index (κ3) is 6.13. The van der Waals surface area contributed by atoms with Crippen LogP contribution in [0.2, 0.25) is 0 Å². The molecule has 0 fully saturated rings. The number of hydrogen-bond acceptors (Lipinski definition) is 0. The molecule has 0 saturated carbocycles. The van der Waals surface area contributed by atoms with E-state index in [9.17, 15) is 26.3 Å². The molecule has 0 aromatic heterocycles. The highest BCUT2D eigenvalue weighted by atomic mass is 79.9. The summed E-state index contributed by atoms with van der Waals surface area (Å²) >= 11 is 3.33. The maximum absolute atomic E-state index is 12.8. The number of benzene rings is 2. The van der Waals surface area contributed by atoms with Crippen LogP contribution in [-0.2, 0) is 12.4 Å². The number of rotatable bonds is 6. The van der Waals surface area contributed by atoms with Crippen LogP contribution < -0.4 is 0 Å². The lowest BCUT2D eigenvalue weighted by atomic mass is 9.94. The van der Waals surface area contributed by atoms with Crippen LogP contribution in [0, 0.1) is 0 Å². The first-order valence-corrected chi connectivity index (χ1v) is 9.36. The molecule has 0 radical (unpaired) electrons. The molecule has 0 spiro atoms. The van der Waals surface area contributed by atoms with Crippen molar-refractivity contribution in [2.45, 2.75) is 31.6 Å². The van der Waals surface area contributed by atoms with E-state index in [1.54, 1.807) is 0 Å². The fraction of sp³-hybridized carbons (Fsp3) is 0.300. The lowest BCUT2D eigenvalue weighted by Crippen LogP contribution is -2.05. The molecule has 7 heteroatoms. The molecule has 2 aromatic carbocycles. The van der Waals surface area contributed by atoms with Gasteiger partial charge in [-0.1, -0.05) is 46.3 Å². The van der Waals surface area contributed by atoms with Gasteiger partial charge in [0.15, 0.2) is 0 Å². The van der Waals surface area contributed by atoms with Crippen LogP contribution in [0.5, 0.6) is 0 Å². The summed E-state index contributed by atoms with van der Waals surface area (Å²) in [5, 5.41) is 0.830. The highest BCUT2D eigenvalue weighted by Gasteiger charge is 2.31. The van der Waals surface area contributed by atoms with E-state index in [1.807, 2.05) is 6.08 Å². The summed E-state index contributed by atoms with van der Waals surface area (Å²) in [6, 6.07) is 9.29. The monoisotopic (exact) mass is 450 g/mol. The minimum atomic E-state index is -4.44. The van der Waals surface area contributed by atoms with Crippen molar-refractivity contribution in [1.29, 1.82) is 0 Å². The van der Waals surface area contributed by atoms with Crippen LogP contribution in [-0.4, -0.2) is 5.33 Å². The van der Waals surface area contributed by atoms with Crippen LogP contribution in [0.4, 0.5) is 26.3 Å². The molecule has 0 unspecified atom stereocenters. The minimum absolute atomic E-state index is 0.529. The van der Waals surface area contributed by atoms with Gasteiger partial charge in [0.1, 0.15) is 0 Å². The predicted molar refractivity (Wildman–Crippen MR) is 97.6 cm³/mol. The SMILES string of the molecule is FC(F)(F)c1ccc(C(=CCCCCBr)c2ccc(C(F)(F)F)cc2)cc1. The van der Waals surface area contributed by atoms with Gasteiger partial charge in [0.05, 0.1) is 11.1 Å². The van der Waals surface area contributed by atoms with Crippen LogP contribution in [0.25, 0.3) is 5.57 Å². The Bertz CT molecular complexity index is 696. The van der Waals surface area contributed by atoms with E-state index >= 15 is 0 Å². The maximum atomic E-state index is 12.8. The molecule has 0 aliphatic carbocycles. The van der Waals surface area contributed by atoms with E-state index in [-0.39, 0.29) is 0 Å². The molecular weight excluding hydrogens is 434 g/mol. The van der Waals surface area contributed by atoms with Gasteiger partial charge in [-0.25, -0.2) is 0 Å². The van der Waals surface area contributed by atoms with Gasteiger partial charge < -0.3 is 0 Å². The number of hydrogen-bond donors (Lipinski definition) is 0. The lowest BCUT2D eigenvalue weighted by Gasteiger charge is -2.13. The topological polar surface area (TPSA) is 0 Å². The highest BCUT2D eigenvalue weighted by Crippen LogP contribution is 2.33. The second-order valence-electron chi connectivity index (χ2n) is 5.95. The largest absolute Gasteiger partial charge is 0.416 e. The van der Waals surface area contributed by atoms with Gasteiger partial charge in [-0.2, -0.15) is 26.3 Å². The summed E-state index contributed by atoms with van der Waals surface area (Å²) in [4.78, 5) is 0. The van der Waals surface area contributed by atoms with Crippen LogP contribution in [0.1, 0.15) is 41.5 Å². The molecule has 0 atom stereocenters. The molecule has 0 N–H and O–H groups in total. The Hall–Kier alpha value is -1.76. The average molecular weight is 451 g/mol. The second kappa shape index (κ2) is 8.95. The molecular formula is C20H17BrF6. The molecule has 0 aliphatic rings. The number of allylic oxidation sites excluding steroid dienone is 1. The Balaban J connectivity index is 2.37. The van der Waals surface area contributed by atoms with Crippen molar-refractivity contribution in [3.8, 4) is 0 Å². The van der Waals surface area contributed by atoms with E-state index in [4.69, 9.17) is 0 Å². The summed E-state index contributed by atoms with van der Waals surface area (Å²) < 4.78 is 76.6. The van der Waals surface area contributed by atoms with Crippen LogP contribution in [0.3, 0.4) is 0 Å². The summed E-state index contributed by atoms with van der Waals surface area (Å²) in [6.45, 7) is 0. The fourth-order valence-corrected chi connectivity index (χ4v) is 2.96. The molecule has 27 heavy (non-hydrogen) atoms. The van der Waals surface area contributed by atoms with Crippen molar-refractivity contribution in [3.05, 3.63) is 76.9 Å². The third-order valence-corrected chi connectivity index (χ3v) is 4.54. The van der Waals surface area contributed by atoms with Gasteiger partial charge in [0, 0.05) is 5.33 Å². The second-order valence-corrected chi connectivity index (χ2v) is 6.75. The number of alkyl halides is 7. The minimum Gasteiger partial charge on any atom is -0.166 e. The van der Waals surface area contributed by atoms with E-state index in [2.05, 4.69) is 15.9 Å². The van der Waals surface area contributed by atoms with Crippen molar-refractivity contribution >= 4 is 21.5 Å². The maximum Gasteiger partial charge on any atom is 0.416 e. The third-order valence-electron chi connectivity index (χ3n) is 3.98. The normalized spacial score (nSPS) is 12.1. The Morgan fingerprint density at radius 2 is 1.11 bits per heavy atom. The zero-order valence-electron chi connectivity index (χ0n) is 14.2. The van der Waals surface area contributed by atoms with Gasteiger partial charge >= 0.3 is 12.4 Å². The Morgan fingerprint density at radius 1 is 0.704 bits per heavy atom. The molecule has 2 rings (SSSR count). The van der Waals surface area contributed by atoms with Gasteiger partial charge in [0.25, 0.3) is 0 Å². The Kier molecular flexibility index (Phi) is 7.14. The zero-order valence-corrected chi connectivity index (χ0v) is 15.8. The van der Waals surface area contributed by atoms with E-state index in [0.717, 1.165) is 42.4 Å². The number of halogens is 7. The highest BCUT2D eigenvalue weighted by molar-refractivity contribution is 9.09. The molecule has 0 amide bonds. The van der Waals surface area contributed by atoms with Gasteiger partial charge in [0.2, 0.25) is 0 Å². The predicted octanol–water partition coefficient (Wildman–Crippen LogP) is 7.72. The smallest absolute Gasteiger partial charge is 0.166 e. The molecule has 2 aromatic rings. The molecule has 0 heterocycles. The standard InChI is InChI=1S/C20H17BrF6/c21-13-3-1-2-4-18(14-5-9-16(10-6-14)19(22,23)24)15-7-11-17(12-8-15)20(25,26)27/h4-12H,1-3,13H2. The molecule has 146 valence electrons. The van der Waals surface area contributed by atoms with Crippen LogP contribution >= 0.6 is 15.9 Å². The first-order valence-electron chi connectivity index (χ1n) is 8.24. The first-order chi connectivity index (χ1) is 12.6. The fourth-order valence-electron chi connectivity index (χ4n) is 2.57. The van der Waals surface area contributed by atoms with Crippen molar-refractivity contribution in [1.82, 2.24) is 0 Å². The molecule has 0 aliphatic heterocycles. The van der Waals surface area contributed by atoms with E-state index in [1.165, 1.54) is 24.3 Å².